The number of rotatable bonds is 4. The SMILES string of the molecule is CCNC(=NCc1ccc(C(N)=O)cc1)N1CCC2(CCOC2)C1. The van der Waals surface area contributed by atoms with E-state index in [0.717, 1.165) is 50.8 Å². The number of nitrogens with one attached hydrogen (secondary N) is 1. The van der Waals surface area contributed by atoms with Crippen LogP contribution in [0, 0.1) is 5.41 Å². The predicted octanol–water partition coefficient (Wildman–Crippen LogP) is 1.36. The number of benzene rings is 1. The van der Waals surface area contributed by atoms with Gasteiger partial charge in [0.2, 0.25) is 5.91 Å². The zero-order chi connectivity index (χ0) is 17.0. The topological polar surface area (TPSA) is 79.9 Å². The van der Waals surface area contributed by atoms with Crippen molar-refractivity contribution in [1.29, 1.82) is 0 Å². The van der Waals surface area contributed by atoms with E-state index in [9.17, 15) is 4.79 Å². The lowest BCUT2D eigenvalue weighted by Gasteiger charge is -2.25. The lowest BCUT2D eigenvalue weighted by Crippen LogP contribution is -2.41. The molecule has 0 saturated carbocycles. The van der Waals surface area contributed by atoms with E-state index in [2.05, 4.69) is 17.1 Å². The second kappa shape index (κ2) is 7.21. The molecule has 3 N–H and O–H groups in total. The number of carbonyl (C=O) groups excluding carboxylic acids is 1. The standard InChI is InChI=1S/C18H26N4O2/c1-2-20-17(22-9-7-18(12-22)8-10-24-13-18)21-11-14-3-5-15(6-4-14)16(19)23/h3-6H,2,7-13H2,1H3,(H2,19,23)(H,20,21). The normalized spacial score (nSPS) is 23.9. The maximum Gasteiger partial charge on any atom is 0.248 e. The molecule has 2 aliphatic heterocycles. The summed E-state index contributed by atoms with van der Waals surface area (Å²) in [5.41, 5.74) is 7.18. The largest absolute Gasteiger partial charge is 0.381 e. The van der Waals surface area contributed by atoms with Crippen LogP contribution in [-0.2, 0) is 11.3 Å². The molecule has 2 saturated heterocycles. The minimum absolute atomic E-state index is 0.319. The van der Waals surface area contributed by atoms with Crippen molar-refractivity contribution in [3.05, 3.63) is 35.4 Å². The molecule has 0 aromatic heterocycles. The van der Waals surface area contributed by atoms with Crippen molar-refractivity contribution in [1.82, 2.24) is 10.2 Å². The van der Waals surface area contributed by atoms with Gasteiger partial charge in [-0.3, -0.25) is 4.79 Å². The molecule has 2 heterocycles. The minimum atomic E-state index is -0.403. The number of hydrogen-bond acceptors (Lipinski definition) is 3. The van der Waals surface area contributed by atoms with Crippen molar-refractivity contribution in [2.24, 2.45) is 16.1 Å². The summed E-state index contributed by atoms with van der Waals surface area (Å²) in [6.07, 6.45) is 2.32. The average Bonchev–Trinajstić information content (AvgIpc) is 3.22. The number of likely N-dealkylation sites (tertiary alicyclic amines) is 1. The van der Waals surface area contributed by atoms with Crippen molar-refractivity contribution in [3.8, 4) is 0 Å². The van der Waals surface area contributed by atoms with Gasteiger partial charge in [0.25, 0.3) is 0 Å². The van der Waals surface area contributed by atoms with Crippen LogP contribution >= 0.6 is 0 Å². The third-order valence-electron chi connectivity index (χ3n) is 4.91. The van der Waals surface area contributed by atoms with Gasteiger partial charge in [0.1, 0.15) is 0 Å². The molecule has 1 aromatic carbocycles. The van der Waals surface area contributed by atoms with E-state index in [0.29, 0.717) is 17.5 Å². The van der Waals surface area contributed by atoms with Crippen molar-refractivity contribution in [2.45, 2.75) is 26.3 Å². The molecule has 2 fully saturated rings. The predicted molar refractivity (Wildman–Crippen MR) is 93.8 cm³/mol. The van der Waals surface area contributed by atoms with Gasteiger partial charge in [-0.05, 0) is 37.5 Å². The Labute approximate surface area is 143 Å². The van der Waals surface area contributed by atoms with Crippen LogP contribution in [0.2, 0.25) is 0 Å². The Balaban J connectivity index is 1.66. The summed E-state index contributed by atoms with van der Waals surface area (Å²) in [4.78, 5) is 18.2. The molecule has 0 aliphatic carbocycles. The summed E-state index contributed by atoms with van der Waals surface area (Å²) in [5, 5.41) is 3.39. The van der Waals surface area contributed by atoms with Crippen LogP contribution in [-0.4, -0.2) is 49.6 Å². The van der Waals surface area contributed by atoms with Crippen LogP contribution in [0.15, 0.2) is 29.3 Å². The Morgan fingerprint density at radius 3 is 2.79 bits per heavy atom. The summed E-state index contributed by atoms with van der Waals surface area (Å²) in [5.74, 6) is 0.555. The van der Waals surface area contributed by atoms with E-state index in [1.54, 1.807) is 12.1 Å². The highest BCUT2D eigenvalue weighted by molar-refractivity contribution is 5.92. The maximum atomic E-state index is 11.1. The molecular formula is C18H26N4O2. The quantitative estimate of drug-likeness (QED) is 0.645. The van der Waals surface area contributed by atoms with Crippen molar-refractivity contribution in [3.63, 3.8) is 0 Å². The third kappa shape index (κ3) is 3.70. The number of guanidine groups is 1. The molecule has 3 rings (SSSR count). The monoisotopic (exact) mass is 330 g/mol. The van der Waals surface area contributed by atoms with Gasteiger partial charge in [0, 0.05) is 37.2 Å². The van der Waals surface area contributed by atoms with E-state index in [-0.39, 0.29) is 0 Å². The fraction of sp³-hybridized carbons (Fsp3) is 0.556. The van der Waals surface area contributed by atoms with Gasteiger partial charge in [0.15, 0.2) is 5.96 Å². The molecule has 130 valence electrons. The molecule has 1 atom stereocenters. The Hall–Kier alpha value is -2.08. The first-order valence-corrected chi connectivity index (χ1v) is 8.62. The maximum absolute atomic E-state index is 11.1. The van der Waals surface area contributed by atoms with Crippen LogP contribution in [0.3, 0.4) is 0 Å². The van der Waals surface area contributed by atoms with E-state index in [4.69, 9.17) is 15.5 Å². The van der Waals surface area contributed by atoms with Crippen molar-refractivity contribution in [2.75, 3.05) is 32.8 Å². The van der Waals surface area contributed by atoms with E-state index < -0.39 is 5.91 Å². The summed E-state index contributed by atoms with van der Waals surface area (Å²) < 4.78 is 5.61. The fourth-order valence-corrected chi connectivity index (χ4v) is 3.45. The number of amides is 1. The molecule has 0 bridgehead atoms. The van der Waals surface area contributed by atoms with Gasteiger partial charge in [-0.25, -0.2) is 4.99 Å². The first kappa shape index (κ1) is 16.8. The lowest BCUT2D eigenvalue weighted by atomic mass is 9.87. The average molecular weight is 330 g/mol. The summed E-state index contributed by atoms with van der Waals surface area (Å²) in [6.45, 7) is 7.31. The van der Waals surface area contributed by atoms with E-state index in [1.165, 1.54) is 6.42 Å². The highest BCUT2D eigenvalue weighted by Crippen LogP contribution is 2.38. The molecular weight excluding hydrogens is 304 g/mol. The van der Waals surface area contributed by atoms with E-state index >= 15 is 0 Å². The number of nitrogens with two attached hydrogens (primary N) is 1. The van der Waals surface area contributed by atoms with Gasteiger partial charge in [-0.15, -0.1) is 0 Å². The Kier molecular flexibility index (Phi) is 5.04. The number of primary amides is 1. The number of aliphatic imine (C=N–C) groups is 1. The second-order valence-electron chi connectivity index (χ2n) is 6.71. The Morgan fingerprint density at radius 1 is 1.38 bits per heavy atom. The lowest BCUT2D eigenvalue weighted by molar-refractivity contribution is 0.100. The van der Waals surface area contributed by atoms with Crippen molar-refractivity contribution >= 4 is 11.9 Å². The third-order valence-corrected chi connectivity index (χ3v) is 4.91. The summed E-state index contributed by atoms with van der Waals surface area (Å²) in [6, 6.07) is 7.31. The molecule has 6 nitrogen and oxygen atoms in total. The Morgan fingerprint density at radius 2 is 2.17 bits per heavy atom. The molecule has 0 radical (unpaired) electrons. The first-order valence-electron chi connectivity index (χ1n) is 8.62. The summed E-state index contributed by atoms with van der Waals surface area (Å²) in [7, 11) is 0. The molecule has 6 heteroatoms. The smallest absolute Gasteiger partial charge is 0.248 e. The Bertz CT molecular complexity index is 606. The molecule has 24 heavy (non-hydrogen) atoms. The van der Waals surface area contributed by atoms with Crippen LogP contribution in [0.5, 0.6) is 0 Å². The second-order valence-corrected chi connectivity index (χ2v) is 6.71. The highest BCUT2D eigenvalue weighted by Gasteiger charge is 2.42. The zero-order valence-electron chi connectivity index (χ0n) is 14.3. The number of ether oxygens (including phenoxy) is 1. The number of hydrogen-bond donors (Lipinski definition) is 2. The minimum Gasteiger partial charge on any atom is -0.381 e. The molecule has 1 spiro atoms. The highest BCUT2D eigenvalue weighted by atomic mass is 16.5. The van der Waals surface area contributed by atoms with Crippen LogP contribution < -0.4 is 11.1 Å². The van der Waals surface area contributed by atoms with Crippen molar-refractivity contribution < 1.29 is 9.53 Å². The van der Waals surface area contributed by atoms with Crippen LogP contribution in [0.25, 0.3) is 0 Å². The molecule has 1 unspecified atom stereocenters. The zero-order valence-corrected chi connectivity index (χ0v) is 14.3. The molecule has 1 amide bonds. The van der Waals surface area contributed by atoms with Gasteiger partial charge in [-0.2, -0.15) is 0 Å². The van der Waals surface area contributed by atoms with Gasteiger partial charge >= 0.3 is 0 Å². The fourth-order valence-electron chi connectivity index (χ4n) is 3.45. The van der Waals surface area contributed by atoms with Gasteiger partial charge < -0.3 is 20.7 Å². The first-order chi connectivity index (χ1) is 11.6. The number of nitrogens with zero attached hydrogens (tertiary/aromatic N) is 2. The van der Waals surface area contributed by atoms with Gasteiger partial charge in [0.05, 0.1) is 13.2 Å². The van der Waals surface area contributed by atoms with Crippen LogP contribution in [0.4, 0.5) is 0 Å². The molecule has 1 aromatic rings. The van der Waals surface area contributed by atoms with E-state index in [1.807, 2.05) is 12.1 Å². The number of carbonyl (C=O) groups is 1. The molecule has 2 aliphatic rings. The van der Waals surface area contributed by atoms with Crippen LogP contribution in [0.1, 0.15) is 35.7 Å². The summed E-state index contributed by atoms with van der Waals surface area (Å²) >= 11 is 0. The van der Waals surface area contributed by atoms with Gasteiger partial charge in [-0.1, -0.05) is 12.1 Å².